The molecular weight excluding hydrogens is 306 g/mol. The van der Waals surface area contributed by atoms with Gasteiger partial charge in [-0.2, -0.15) is 5.10 Å². The van der Waals surface area contributed by atoms with Gasteiger partial charge in [0.1, 0.15) is 6.61 Å². The van der Waals surface area contributed by atoms with E-state index in [1.807, 2.05) is 41.1 Å². The molecule has 0 bridgehead atoms. The molecule has 0 aliphatic carbocycles. The number of aryl methyl sites for hydroxylation is 1. The number of hydrogen-bond acceptors (Lipinski definition) is 4. The molecule has 1 amide bonds. The Kier molecular flexibility index (Phi) is 5.27. The van der Waals surface area contributed by atoms with Crippen LogP contribution in [0, 0.1) is 0 Å². The van der Waals surface area contributed by atoms with Crippen LogP contribution in [0.1, 0.15) is 36.4 Å². The Bertz CT molecular complexity index is 682. The lowest BCUT2D eigenvalue weighted by Gasteiger charge is -2.20. The number of rotatable bonds is 5. The molecule has 0 spiro atoms. The van der Waals surface area contributed by atoms with E-state index in [2.05, 4.69) is 5.10 Å². The monoisotopic (exact) mass is 329 g/mol. The van der Waals surface area contributed by atoms with Crippen molar-refractivity contribution in [1.29, 1.82) is 0 Å². The third-order valence-corrected chi connectivity index (χ3v) is 4.15. The van der Waals surface area contributed by atoms with Gasteiger partial charge >= 0.3 is 0 Å². The quantitative estimate of drug-likeness (QED) is 0.909. The van der Waals surface area contributed by atoms with Crippen molar-refractivity contribution in [1.82, 2.24) is 14.7 Å². The molecule has 1 N–H and O–H groups in total. The molecule has 2 heterocycles. The lowest BCUT2D eigenvalue weighted by atomic mass is 10.2. The first-order chi connectivity index (χ1) is 11.6. The average molecular weight is 329 g/mol. The van der Waals surface area contributed by atoms with Crippen molar-refractivity contribution in [2.24, 2.45) is 0 Å². The van der Waals surface area contributed by atoms with Crippen molar-refractivity contribution in [2.45, 2.75) is 39.1 Å². The Balaban J connectivity index is 1.56. The molecule has 0 saturated carbocycles. The summed E-state index contributed by atoms with van der Waals surface area (Å²) in [5.74, 6) is -0.0146. The fourth-order valence-corrected chi connectivity index (χ4v) is 2.82. The minimum Gasteiger partial charge on any atom is -0.387 e. The molecule has 1 aliphatic rings. The molecular formula is C18H23N3O3. The van der Waals surface area contributed by atoms with Crippen LogP contribution in [0.5, 0.6) is 0 Å². The van der Waals surface area contributed by atoms with E-state index < -0.39 is 6.10 Å². The fourth-order valence-electron chi connectivity index (χ4n) is 2.82. The molecule has 1 aromatic carbocycles. The van der Waals surface area contributed by atoms with Crippen LogP contribution < -0.4 is 0 Å². The summed E-state index contributed by atoms with van der Waals surface area (Å²) in [5, 5.41) is 14.1. The van der Waals surface area contributed by atoms with Crippen molar-refractivity contribution in [3.05, 3.63) is 53.3 Å². The predicted molar refractivity (Wildman–Crippen MR) is 89.0 cm³/mol. The number of amides is 1. The number of carbonyl (C=O) groups excluding carboxylic acids is 1. The highest BCUT2D eigenvalue weighted by Crippen LogP contribution is 2.18. The summed E-state index contributed by atoms with van der Waals surface area (Å²) in [4.78, 5) is 14.2. The number of nitrogens with zero attached hydrogens (tertiary/aromatic N) is 3. The third kappa shape index (κ3) is 4.01. The Labute approximate surface area is 141 Å². The number of fused-ring (bicyclic) bond motifs is 1. The van der Waals surface area contributed by atoms with Crippen LogP contribution in [0.25, 0.3) is 0 Å². The molecule has 0 saturated heterocycles. The van der Waals surface area contributed by atoms with Crippen molar-refractivity contribution in [3.8, 4) is 0 Å². The predicted octanol–water partition coefficient (Wildman–Crippen LogP) is 1.89. The highest BCUT2D eigenvalue weighted by atomic mass is 16.5. The van der Waals surface area contributed by atoms with Crippen molar-refractivity contribution in [2.75, 3.05) is 13.2 Å². The number of aromatic nitrogens is 2. The van der Waals surface area contributed by atoms with Crippen LogP contribution in [0.3, 0.4) is 0 Å². The average Bonchev–Trinajstić information content (AvgIpc) is 2.88. The van der Waals surface area contributed by atoms with E-state index >= 15 is 0 Å². The number of aliphatic hydroxyl groups is 1. The zero-order valence-corrected chi connectivity index (χ0v) is 13.9. The Morgan fingerprint density at radius 1 is 1.33 bits per heavy atom. The van der Waals surface area contributed by atoms with Crippen molar-refractivity contribution >= 4 is 5.91 Å². The fraction of sp³-hybridized carbons (Fsp3) is 0.444. The van der Waals surface area contributed by atoms with E-state index in [9.17, 15) is 9.90 Å². The van der Waals surface area contributed by atoms with Gasteiger partial charge in [0.25, 0.3) is 0 Å². The van der Waals surface area contributed by atoms with Gasteiger partial charge in [-0.1, -0.05) is 30.3 Å². The first-order valence-electron chi connectivity index (χ1n) is 8.27. The molecule has 0 fully saturated rings. The van der Waals surface area contributed by atoms with E-state index in [1.54, 1.807) is 11.8 Å². The Morgan fingerprint density at radius 3 is 2.88 bits per heavy atom. The molecule has 6 nitrogen and oxygen atoms in total. The third-order valence-electron chi connectivity index (χ3n) is 4.15. The Morgan fingerprint density at radius 2 is 2.12 bits per heavy atom. The molecule has 2 aromatic rings. The standard InChI is InChI=1S/C18H23N3O3/c1-14(22)17-10-16-11-20(8-5-9-21(16)19-17)18(23)13-24-12-15-6-3-2-4-7-15/h2-4,6-7,10,14,22H,5,8-9,11-13H2,1H3/t14-/m1/s1. The van der Waals surface area contributed by atoms with Crippen molar-refractivity contribution < 1.29 is 14.6 Å². The Hall–Kier alpha value is -2.18. The lowest BCUT2D eigenvalue weighted by Crippen LogP contribution is -2.33. The normalized spacial score (nSPS) is 15.7. The van der Waals surface area contributed by atoms with Gasteiger partial charge in [-0.25, -0.2) is 0 Å². The second-order valence-electron chi connectivity index (χ2n) is 6.11. The zero-order chi connectivity index (χ0) is 16.9. The largest absolute Gasteiger partial charge is 0.387 e. The van der Waals surface area contributed by atoms with Crippen LogP contribution >= 0.6 is 0 Å². The number of hydrogen-bond donors (Lipinski definition) is 1. The first-order valence-corrected chi connectivity index (χ1v) is 8.27. The SMILES string of the molecule is C[C@@H](O)c1cc2n(n1)CCCN(C(=O)COCc1ccccc1)C2. The van der Waals surface area contributed by atoms with E-state index in [-0.39, 0.29) is 12.5 Å². The van der Waals surface area contributed by atoms with Crippen LogP contribution in [0.2, 0.25) is 0 Å². The molecule has 1 aromatic heterocycles. The second kappa shape index (κ2) is 7.59. The maximum absolute atomic E-state index is 12.4. The lowest BCUT2D eigenvalue weighted by molar-refractivity contribution is -0.137. The molecule has 1 atom stereocenters. The van der Waals surface area contributed by atoms with Gasteiger partial charge in [-0.05, 0) is 25.0 Å². The number of carbonyl (C=O) groups is 1. The number of ether oxygens (including phenoxy) is 1. The number of benzene rings is 1. The molecule has 128 valence electrons. The van der Waals surface area contributed by atoms with E-state index in [0.717, 1.165) is 24.2 Å². The molecule has 1 aliphatic heterocycles. The van der Waals surface area contributed by atoms with Gasteiger partial charge in [0, 0.05) is 13.1 Å². The minimum atomic E-state index is -0.595. The van der Waals surface area contributed by atoms with Crippen LogP contribution in [-0.2, 0) is 29.2 Å². The topological polar surface area (TPSA) is 67.6 Å². The summed E-state index contributed by atoms with van der Waals surface area (Å²) in [7, 11) is 0. The van der Waals surface area contributed by atoms with Gasteiger partial charge in [0.05, 0.1) is 30.6 Å². The van der Waals surface area contributed by atoms with E-state index in [4.69, 9.17) is 4.74 Å². The summed E-state index contributed by atoms with van der Waals surface area (Å²) >= 11 is 0. The molecule has 24 heavy (non-hydrogen) atoms. The van der Waals surface area contributed by atoms with Gasteiger partial charge < -0.3 is 14.7 Å². The molecule has 0 radical (unpaired) electrons. The number of aliphatic hydroxyl groups excluding tert-OH is 1. The maximum atomic E-state index is 12.4. The van der Waals surface area contributed by atoms with Gasteiger partial charge in [-0.15, -0.1) is 0 Å². The summed E-state index contributed by atoms with van der Waals surface area (Å²) in [5.41, 5.74) is 2.67. The smallest absolute Gasteiger partial charge is 0.248 e. The summed E-state index contributed by atoms with van der Waals surface area (Å²) in [6.07, 6.45) is 0.251. The van der Waals surface area contributed by atoms with E-state index in [1.165, 1.54) is 0 Å². The summed E-state index contributed by atoms with van der Waals surface area (Å²) < 4.78 is 7.44. The molecule has 3 rings (SSSR count). The van der Waals surface area contributed by atoms with Crippen LogP contribution in [0.4, 0.5) is 0 Å². The molecule has 0 unspecified atom stereocenters. The highest BCUT2D eigenvalue weighted by Gasteiger charge is 2.21. The first kappa shape index (κ1) is 16.7. The molecule has 6 heteroatoms. The van der Waals surface area contributed by atoms with Gasteiger partial charge in [0.15, 0.2) is 0 Å². The van der Waals surface area contributed by atoms with Gasteiger partial charge in [-0.3, -0.25) is 9.48 Å². The van der Waals surface area contributed by atoms with Gasteiger partial charge in [0.2, 0.25) is 5.91 Å². The van der Waals surface area contributed by atoms with E-state index in [0.29, 0.717) is 25.4 Å². The second-order valence-corrected chi connectivity index (χ2v) is 6.11. The summed E-state index contributed by atoms with van der Waals surface area (Å²) in [6.45, 7) is 4.17. The van der Waals surface area contributed by atoms with Crippen molar-refractivity contribution in [3.63, 3.8) is 0 Å². The zero-order valence-electron chi connectivity index (χ0n) is 13.9. The highest BCUT2D eigenvalue weighted by molar-refractivity contribution is 5.77. The maximum Gasteiger partial charge on any atom is 0.248 e. The minimum absolute atomic E-state index is 0.0146. The summed E-state index contributed by atoms with van der Waals surface area (Å²) in [6, 6.07) is 11.7. The van der Waals surface area contributed by atoms with Crippen LogP contribution in [-0.4, -0.2) is 38.8 Å². The van der Waals surface area contributed by atoms with Crippen LogP contribution in [0.15, 0.2) is 36.4 Å².